The third-order valence-corrected chi connectivity index (χ3v) is 5.19. The lowest BCUT2D eigenvalue weighted by molar-refractivity contribution is -0.111. The van der Waals surface area contributed by atoms with Gasteiger partial charge in [-0.15, -0.1) is 0 Å². The van der Waals surface area contributed by atoms with E-state index < -0.39 is 0 Å². The highest BCUT2D eigenvalue weighted by Crippen LogP contribution is 2.29. The van der Waals surface area contributed by atoms with Gasteiger partial charge in [-0.25, -0.2) is 0 Å². The van der Waals surface area contributed by atoms with Crippen LogP contribution in [0.3, 0.4) is 0 Å². The number of rotatable bonds is 7. The largest absolute Gasteiger partial charge is 0.493 e. The maximum Gasteiger partial charge on any atom is 0.248 e. The first kappa shape index (κ1) is 21.5. The Labute approximate surface area is 192 Å². The Morgan fingerprint density at radius 1 is 0.906 bits per heavy atom. The van der Waals surface area contributed by atoms with Gasteiger partial charge in [0.25, 0.3) is 0 Å². The molecule has 4 nitrogen and oxygen atoms in total. The molecular formula is C27H22ClNO3. The van der Waals surface area contributed by atoms with E-state index in [1.54, 1.807) is 13.2 Å². The van der Waals surface area contributed by atoms with Gasteiger partial charge in [0, 0.05) is 16.8 Å². The zero-order valence-corrected chi connectivity index (χ0v) is 18.3. The number of anilines is 1. The summed E-state index contributed by atoms with van der Waals surface area (Å²) < 4.78 is 11.3. The van der Waals surface area contributed by atoms with Crippen LogP contribution in [-0.4, -0.2) is 13.0 Å². The Balaban J connectivity index is 1.40. The number of methoxy groups -OCH3 is 1. The number of ether oxygens (including phenoxy) is 2. The first-order valence-corrected chi connectivity index (χ1v) is 10.5. The molecule has 0 radical (unpaired) electrons. The summed E-state index contributed by atoms with van der Waals surface area (Å²) in [6.45, 7) is 0.400. The summed E-state index contributed by atoms with van der Waals surface area (Å²) in [5.74, 6) is 1.01. The van der Waals surface area contributed by atoms with Crippen LogP contribution in [0.4, 0.5) is 5.69 Å². The van der Waals surface area contributed by atoms with Crippen LogP contribution in [0.25, 0.3) is 16.8 Å². The van der Waals surface area contributed by atoms with Gasteiger partial charge in [0.2, 0.25) is 5.91 Å². The summed E-state index contributed by atoms with van der Waals surface area (Å²) in [6, 6.07) is 26.9. The first-order valence-electron chi connectivity index (χ1n) is 10.1. The molecule has 5 heteroatoms. The molecule has 0 saturated carbocycles. The number of fused-ring (bicyclic) bond motifs is 1. The molecule has 0 aliphatic rings. The van der Waals surface area contributed by atoms with Crippen molar-refractivity contribution >= 4 is 40.0 Å². The molecule has 160 valence electrons. The number of benzene rings is 4. The number of hydrogen-bond acceptors (Lipinski definition) is 3. The minimum Gasteiger partial charge on any atom is -0.493 e. The first-order chi connectivity index (χ1) is 15.6. The molecule has 0 bridgehead atoms. The van der Waals surface area contributed by atoms with Crippen LogP contribution in [0, 0.1) is 0 Å². The fourth-order valence-electron chi connectivity index (χ4n) is 3.27. The highest BCUT2D eigenvalue weighted by Gasteiger charge is 2.06. The summed E-state index contributed by atoms with van der Waals surface area (Å²) in [4.78, 5) is 12.4. The van der Waals surface area contributed by atoms with Crippen molar-refractivity contribution in [1.82, 2.24) is 0 Å². The van der Waals surface area contributed by atoms with Crippen LogP contribution in [-0.2, 0) is 11.4 Å². The molecule has 0 aromatic heterocycles. The van der Waals surface area contributed by atoms with E-state index in [9.17, 15) is 4.79 Å². The van der Waals surface area contributed by atoms with E-state index in [0.29, 0.717) is 23.1 Å². The second-order valence-electron chi connectivity index (χ2n) is 7.21. The van der Waals surface area contributed by atoms with Crippen molar-refractivity contribution in [3.63, 3.8) is 0 Å². The Morgan fingerprint density at radius 2 is 1.69 bits per heavy atom. The molecule has 0 fully saturated rings. The lowest BCUT2D eigenvalue weighted by Crippen LogP contribution is -2.07. The van der Waals surface area contributed by atoms with Gasteiger partial charge in [-0.1, -0.05) is 60.1 Å². The average Bonchev–Trinajstić information content (AvgIpc) is 2.82. The molecule has 32 heavy (non-hydrogen) atoms. The molecule has 4 aromatic rings. The van der Waals surface area contributed by atoms with E-state index in [-0.39, 0.29) is 5.91 Å². The van der Waals surface area contributed by atoms with E-state index in [0.717, 1.165) is 27.6 Å². The Kier molecular flexibility index (Phi) is 6.73. The Hall–Kier alpha value is -3.76. The van der Waals surface area contributed by atoms with E-state index in [2.05, 4.69) is 5.32 Å². The maximum absolute atomic E-state index is 12.4. The van der Waals surface area contributed by atoms with Crippen molar-refractivity contribution in [3.8, 4) is 11.5 Å². The van der Waals surface area contributed by atoms with Crippen molar-refractivity contribution in [3.05, 3.63) is 107 Å². The standard InChI is InChI=1S/C27H22ClNO3/c1-31-26-16-19(8-14-25(26)32-18-20-6-11-23(28)12-7-20)9-15-27(30)29-24-13-10-21-4-2-3-5-22(21)17-24/h2-17H,18H2,1H3,(H,29,30)/b15-9+. The number of hydrogen-bond donors (Lipinski definition) is 1. The number of amides is 1. The van der Waals surface area contributed by atoms with Crippen molar-refractivity contribution in [1.29, 1.82) is 0 Å². The SMILES string of the molecule is COc1cc(/C=C/C(=O)Nc2ccc3ccccc3c2)ccc1OCc1ccc(Cl)cc1. The Morgan fingerprint density at radius 3 is 2.47 bits per heavy atom. The third-order valence-electron chi connectivity index (χ3n) is 4.94. The van der Waals surface area contributed by atoms with Crippen LogP contribution in [0.2, 0.25) is 5.02 Å². The van der Waals surface area contributed by atoms with Crippen LogP contribution in [0.5, 0.6) is 11.5 Å². The second-order valence-corrected chi connectivity index (χ2v) is 7.65. The normalized spacial score (nSPS) is 10.9. The van der Waals surface area contributed by atoms with Gasteiger partial charge in [0.1, 0.15) is 6.61 Å². The second kappa shape index (κ2) is 10.0. The molecule has 0 spiro atoms. The highest BCUT2D eigenvalue weighted by atomic mass is 35.5. The van der Waals surface area contributed by atoms with Gasteiger partial charge in [-0.3, -0.25) is 4.79 Å². The van der Waals surface area contributed by atoms with Crippen LogP contribution in [0.15, 0.2) is 91.0 Å². The molecule has 1 amide bonds. The van der Waals surface area contributed by atoms with Crippen LogP contribution >= 0.6 is 11.6 Å². The maximum atomic E-state index is 12.4. The summed E-state index contributed by atoms with van der Waals surface area (Å²) in [5.41, 5.74) is 2.59. The predicted molar refractivity (Wildman–Crippen MR) is 130 cm³/mol. The lowest BCUT2D eigenvalue weighted by atomic mass is 10.1. The van der Waals surface area contributed by atoms with Gasteiger partial charge in [-0.2, -0.15) is 0 Å². The molecular weight excluding hydrogens is 422 g/mol. The van der Waals surface area contributed by atoms with Crippen molar-refractivity contribution in [2.45, 2.75) is 6.61 Å². The van der Waals surface area contributed by atoms with E-state index in [1.807, 2.05) is 84.9 Å². The van der Waals surface area contributed by atoms with Crippen molar-refractivity contribution < 1.29 is 14.3 Å². The van der Waals surface area contributed by atoms with Gasteiger partial charge < -0.3 is 14.8 Å². The fourth-order valence-corrected chi connectivity index (χ4v) is 3.40. The summed E-state index contributed by atoms with van der Waals surface area (Å²) in [7, 11) is 1.59. The monoisotopic (exact) mass is 443 g/mol. The van der Waals surface area contributed by atoms with Gasteiger partial charge in [-0.05, 0) is 64.4 Å². The summed E-state index contributed by atoms with van der Waals surface area (Å²) in [5, 5.41) is 5.79. The van der Waals surface area contributed by atoms with Crippen molar-refractivity contribution in [2.24, 2.45) is 0 Å². The molecule has 4 rings (SSSR count). The summed E-state index contributed by atoms with van der Waals surface area (Å²) >= 11 is 5.92. The third kappa shape index (κ3) is 5.48. The molecule has 0 aliphatic carbocycles. The molecule has 0 atom stereocenters. The quantitative estimate of drug-likeness (QED) is 0.322. The average molecular weight is 444 g/mol. The van der Waals surface area contributed by atoms with E-state index >= 15 is 0 Å². The van der Waals surface area contributed by atoms with Crippen molar-refractivity contribution in [2.75, 3.05) is 12.4 Å². The smallest absolute Gasteiger partial charge is 0.248 e. The molecule has 4 aromatic carbocycles. The zero-order chi connectivity index (χ0) is 22.3. The Bertz CT molecular complexity index is 1270. The number of nitrogens with one attached hydrogen (secondary N) is 1. The van der Waals surface area contributed by atoms with E-state index in [4.69, 9.17) is 21.1 Å². The fraction of sp³-hybridized carbons (Fsp3) is 0.0741. The lowest BCUT2D eigenvalue weighted by Gasteiger charge is -2.11. The van der Waals surface area contributed by atoms with Crippen LogP contribution in [0.1, 0.15) is 11.1 Å². The number of halogens is 1. The number of carbonyl (C=O) groups is 1. The molecule has 0 unspecified atom stereocenters. The van der Waals surface area contributed by atoms with Crippen LogP contribution < -0.4 is 14.8 Å². The van der Waals surface area contributed by atoms with Gasteiger partial charge >= 0.3 is 0 Å². The van der Waals surface area contributed by atoms with E-state index in [1.165, 1.54) is 6.08 Å². The molecule has 1 N–H and O–H groups in total. The zero-order valence-electron chi connectivity index (χ0n) is 17.5. The highest BCUT2D eigenvalue weighted by molar-refractivity contribution is 6.30. The van der Waals surface area contributed by atoms with Gasteiger partial charge in [0.05, 0.1) is 7.11 Å². The molecule has 0 heterocycles. The topological polar surface area (TPSA) is 47.6 Å². The number of carbonyl (C=O) groups excluding carboxylic acids is 1. The minimum absolute atomic E-state index is 0.206. The minimum atomic E-state index is -0.206. The summed E-state index contributed by atoms with van der Waals surface area (Å²) in [6.07, 6.45) is 3.24. The van der Waals surface area contributed by atoms with Gasteiger partial charge in [0.15, 0.2) is 11.5 Å². The molecule has 0 saturated heterocycles. The molecule has 0 aliphatic heterocycles. The predicted octanol–water partition coefficient (Wildman–Crippen LogP) is 6.73.